The van der Waals surface area contributed by atoms with Crippen LogP contribution in [0.2, 0.25) is 0 Å². The van der Waals surface area contributed by atoms with Crippen molar-refractivity contribution < 1.29 is 76.6 Å². The van der Waals surface area contributed by atoms with Crippen molar-refractivity contribution in [2.24, 2.45) is 0 Å². The third-order valence-corrected chi connectivity index (χ3v) is 7.44. The minimum atomic E-state index is -1.44. The highest BCUT2D eigenvalue weighted by Crippen LogP contribution is 2.33. The van der Waals surface area contributed by atoms with Crippen LogP contribution in [0.25, 0.3) is 0 Å². The number of ether oxygens (including phenoxy) is 6. The van der Waals surface area contributed by atoms with Crippen molar-refractivity contribution in [3.63, 3.8) is 0 Å². The number of rotatable bonds is 12. The lowest BCUT2D eigenvalue weighted by atomic mass is 9.99. The third kappa shape index (κ3) is 10.5. The van der Waals surface area contributed by atoms with Crippen LogP contribution in [0, 0.1) is 0 Å². The standard InChI is InChI=1S/C40H36N2O16/c1-7-51-39(49)53-29-21-11-9-15-23(29)31(43)25-17-13-19-27(33(25)55-37(47)41(3)4)35(45)57-58-36(46)28-20-14-18-26(34(28)56-38(48)42(5)6)32(44)24-16-10-12-22-30(24)54-40(50)52-8-2/h9-22H,7-8H2,1-6H3. The van der Waals surface area contributed by atoms with E-state index in [1.807, 2.05) is 0 Å². The van der Waals surface area contributed by atoms with Crippen LogP contribution in [0.5, 0.6) is 23.0 Å². The average Bonchev–Trinajstić information content (AvgIpc) is 3.19. The van der Waals surface area contributed by atoms with Crippen molar-refractivity contribution in [2.45, 2.75) is 13.8 Å². The SMILES string of the molecule is CCOC(=O)Oc1ccccc1C(=O)c1cccc(C(=O)OOC(=O)c2cccc(C(=O)c3ccccc3OC(=O)OCC)c2OC(=O)N(C)C)c1OC(=O)N(C)C. The molecule has 0 spiro atoms. The molecule has 0 saturated carbocycles. The van der Waals surface area contributed by atoms with E-state index in [1.165, 1.54) is 101 Å². The Morgan fingerprint density at radius 3 is 1.10 bits per heavy atom. The summed E-state index contributed by atoms with van der Waals surface area (Å²) in [7, 11) is 5.34. The summed E-state index contributed by atoms with van der Waals surface area (Å²) in [5.41, 5.74) is -2.24. The summed E-state index contributed by atoms with van der Waals surface area (Å²) in [5.74, 6) is -6.26. The fourth-order valence-electron chi connectivity index (χ4n) is 4.75. The molecular formula is C40H36N2O16. The summed E-state index contributed by atoms with van der Waals surface area (Å²) >= 11 is 0. The molecule has 0 N–H and O–H groups in total. The van der Waals surface area contributed by atoms with E-state index in [9.17, 15) is 38.4 Å². The third-order valence-electron chi connectivity index (χ3n) is 7.44. The van der Waals surface area contributed by atoms with Crippen molar-refractivity contribution in [3.8, 4) is 23.0 Å². The van der Waals surface area contributed by atoms with Gasteiger partial charge < -0.3 is 38.2 Å². The van der Waals surface area contributed by atoms with Gasteiger partial charge in [0.1, 0.15) is 22.6 Å². The fourth-order valence-corrected chi connectivity index (χ4v) is 4.75. The molecule has 4 rings (SSSR count). The highest BCUT2D eigenvalue weighted by atomic mass is 17.2. The van der Waals surface area contributed by atoms with Crippen molar-refractivity contribution in [2.75, 3.05) is 41.4 Å². The molecule has 0 aromatic heterocycles. The van der Waals surface area contributed by atoms with Gasteiger partial charge in [0, 0.05) is 28.2 Å². The number of carbonyl (C=O) groups is 8. The number of ketones is 2. The Balaban J connectivity index is 1.71. The van der Waals surface area contributed by atoms with E-state index in [0.29, 0.717) is 0 Å². The van der Waals surface area contributed by atoms with Crippen molar-refractivity contribution in [3.05, 3.63) is 118 Å². The number of nitrogens with zero attached hydrogens (tertiary/aromatic N) is 2. The first-order chi connectivity index (χ1) is 27.7. The van der Waals surface area contributed by atoms with Crippen LogP contribution in [0.15, 0.2) is 84.9 Å². The molecule has 4 aromatic rings. The Morgan fingerprint density at radius 2 is 0.759 bits per heavy atom. The number of benzene rings is 4. The maximum atomic E-state index is 13.9. The van der Waals surface area contributed by atoms with Crippen molar-refractivity contribution in [1.29, 1.82) is 0 Å². The second kappa shape index (κ2) is 19.7. The number of para-hydroxylation sites is 4. The predicted molar refractivity (Wildman–Crippen MR) is 198 cm³/mol. The van der Waals surface area contributed by atoms with Crippen LogP contribution in [-0.4, -0.2) is 99.2 Å². The van der Waals surface area contributed by atoms with E-state index in [2.05, 4.69) is 0 Å². The Hall–Kier alpha value is -7.76. The summed E-state index contributed by atoms with van der Waals surface area (Å²) < 4.78 is 30.8. The normalized spacial score (nSPS) is 10.2. The van der Waals surface area contributed by atoms with Gasteiger partial charge in [0.2, 0.25) is 11.6 Å². The van der Waals surface area contributed by atoms with Gasteiger partial charge in [0.05, 0.1) is 35.5 Å². The van der Waals surface area contributed by atoms with Crippen LogP contribution in [0.1, 0.15) is 66.4 Å². The largest absolute Gasteiger partial charge is 0.513 e. The van der Waals surface area contributed by atoms with E-state index < -0.39 is 70.6 Å². The van der Waals surface area contributed by atoms with Crippen LogP contribution in [0.3, 0.4) is 0 Å². The van der Waals surface area contributed by atoms with Crippen LogP contribution >= 0.6 is 0 Å². The highest BCUT2D eigenvalue weighted by molar-refractivity contribution is 6.15. The maximum absolute atomic E-state index is 13.9. The molecule has 0 aliphatic rings. The van der Waals surface area contributed by atoms with Crippen LogP contribution in [0.4, 0.5) is 19.2 Å². The summed E-state index contributed by atoms with van der Waals surface area (Å²) in [6.45, 7) is 3.08. The molecule has 2 amide bonds. The molecule has 0 heterocycles. The Bertz CT molecular complexity index is 2090. The summed E-state index contributed by atoms with van der Waals surface area (Å²) in [6.07, 6.45) is -4.23. The zero-order chi connectivity index (χ0) is 42.5. The van der Waals surface area contributed by atoms with Crippen molar-refractivity contribution in [1.82, 2.24) is 9.80 Å². The van der Waals surface area contributed by atoms with Gasteiger partial charge in [-0.1, -0.05) is 36.4 Å². The molecule has 18 nitrogen and oxygen atoms in total. The molecule has 0 fully saturated rings. The molecule has 0 saturated heterocycles. The van der Waals surface area contributed by atoms with Crippen LogP contribution < -0.4 is 18.9 Å². The molecule has 0 radical (unpaired) electrons. The Morgan fingerprint density at radius 1 is 0.431 bits per heavy atom. The highest BCUT2D eigenvalue weighted by Gasteiger charge is 2.31. The molecule has 4 aromatic carbocycles. The fraction of sp³-hybridized carbons (Fsp3) is 0.200. The van der Waals surface area contributed by atoms with Crippen molar-refractivity contribution >= 4 is 48.0 Å². The monoisotopic (exact) mass is 800 g/mol. The molecule has 0 bridgehead atoms. The molecule has 0 aliphatic carbocycles. The van der Waals surface area contributed by atoms with Gasteiger partial charge in [-0.15, -0.1) is 0 Å². The first kappa shape index (κ1) is 43.0. The minimum absolute atomic E-state index is 0.0110. The van der Waals surface area contributed by atoms with Gasteiger partial charge in [-0.2, -0.15) is 0 Å². The number of amides is 2. The van der Waals surface area contributed by atoms with E-state index in [4.69, 9.17) is 38.2 Å². The topological polar surface area (TPSA) is 217 Å². The summed E-state index contributed by atoms with van der Waals surface area (Å²) in [4.78, 5) is 116. The van der Waals surface area contributed by atoms with E-state index in [1.54, 1.807) is 13.8 Å². The zero-order valence-corrected chi connectivity index (χ0v) is 31.9. The van der Waals surface area contributed by atoms with Gasteiger partial charge in [0.15, 0.2) is 11.5 Å². The first-order valence-corrected chi connectivity index (χ1v) is 17.1. The minimum Gasteiger partial charge on any atom is -0.434 e. The number of hydrogen-bond acceptors (Lipinski definition) is 16. The van der Waals surface area contributed by atoms with Gasteiger partial charge in [-0.05, 0) is 62.4 Å². The smallest absolute Gasteiger partial charge is 0.434 e. The number of carbonyl (C=O) groups excluding carboxylic acids is 8. The molecule has 18 heteroatoms. The average molecular weight is 801 g/mol. The maximum Gasteiger partial charge on any atom is 0.513 e. The van der Waals surface area contributed by atoms with Gasteiger partial charge in [-0.25, -0.2) is 38.5 Å². The molecule has 0 atom stereocenters. The lowest BCUT2D eigenvalue weighted by molar-refractivity contribution is -0.187. The first-order valence-electron chi connectivity index (χ1n) is 17.1. The van der Waals surface area contributed by atoms with E-state index >= 15 is 0 Å². The Labute approximate surface area is 330 Å². The second-order valence-corrected chi connectivity index (χ2v) is 11.9. The predicted octanol–water partition coefficient (Wildman–Crippen LogP) is 6.27. The Kier molecular flexibility index (Phi) is 14.6. The zero-order valence-electron chi connectivity index (χ0n) is 31.9. The quantitative estimate of drug-likeness (QED) is 0.0507. The van der Waals surface area contributed by atoms with Gasteiger partial charge in [0.25, 0.3) is 0 Å². The molecule has 58 heavy (non-hydrogen) atoms. The van der Waals surface area contributed by atoms with E-state index in [0.717, 1.165) is 21.9 Å². The second-order valence-electron chi connectivity index (χ2n) is 11.9. The molecule has 0 aliphatic heterocycles. The molecule has 0 unspecified atom stereocenters. The van der Waals surface area contributed by atoms with Gasteiger partial charge >= 0.3 is 36.4 Å². The lowest BCUT2D eigenvalue weighted by Crippen LogP contribution is -2.27. The molecular weight excluding hydrogens is 764 g/mol. The number of hydrogen-bond donors (Lipinski definition) is 0. The molecule has 302 valence electrons. The van der Waals surface area contributed by atoms with Crippen LogP contribution in [-0.2, 0) is 19.2 Å². The summed E-state index contributed by atoms with van der Waals surface area (Å²) in [6, 6.07) is 18.3. The lowest BCUT2D eigenvalue weighted by Gasteiger charge is -2.17. The van der Waals surface area contributed by atoms with E-state index in [-0.39, 0.29) is 47.0 Å². The summed E-state index contributed by atoms with van der Waals surface area (Å²) in [5, 5.41) is 0. The van der Waals surface area contributed by atoms with Gasteiger partial charge in [-0.3, -0.25) is 9.59 Å².